The van der Waals surface area contributed by atoms with Crippen LogP contribution >= 0.6 is 0 Å². The number of nitrogens with zero attached hydrogens (tertiary/aromatic N) is 2. The fourth-order valence-corrected chi connectivity index (χ4v) is 2.56. The summed E-state index contributed by atoms with van der Waals surface area (Å²) >= 11 is 0. The Morgan fingerprint density at radius 2 is 2.05 bits per heavy atom. The summed E-state index contributed by atoms with van der Waals surface area (Å²) in [6.45, 7) is 0.929. The zero-order valence-electron chi connectivity index (χ0n) is 11.5. The van der Waals surface area contributed by atoms with Crippen molar-refractivity contribution in [1.82, 2.24) is 15.5 Å². The summed E-state index contributed by atoms with van der Waals surface area (Å²) in [6, 6.07) is 3.49. The molecule has 1 aromatic heterocycles. The van der Waals surface area contributed by atoms with Crippen molar-refractivity contribution in [2.45, 2.75) is 38.5 Å². The van der Waals surface area contributed by atoms with E-state index in [0.717, 1.165) is 18.3 Å². The highest BCUT2D eigenvalue weighted by Gasteiger charge is 2.12. The van der Waals surface area contributed by atoms with E-state index >= 15 is 0 Å². The van der Waals surface area contributed by atoms with Crippen LogP contribution in [-0.4, -0.2) is 29.7 Å². The van der Waals surface area contributed by atoms with Gasteiger partial charge in [0.2, 0.25) is 0 Å². The van der Waals surface area contributed by atoms with Crippen molar-refractivity contribution in [3.63, 3.8) is 0 Å². The van der Waals surface area contributed by atoms with Gasteiger partial charge in [-0.05, 0) is 24.5 Å². The van der Waals surface area contributed by atoms with Gasteiger partial charge in [-0.25, -0.2) is 0 Å². The Morgan fingerprint density at radius 3 is 2.68 bits per heavy atom. The number of hydrogen-bond donors (Lipinski definition) is 2. The van der Waals surface area contributed by atoms with Gasteiger partial charge < -0.3 is 10.6 Å². The average Bonchev–Trinajstić information content (AvgIpc) is 2.48. The predicted octanol–water partition coefficient (Wildman–Crippen LogP) is 2.22. The molecular formula is C14H22N4O. The third-order valence-corrected chi connectivity index (χ3v) is 3.71. The van der Waals surface area contributed by atoms with E-state index < -0.39 is 0 Å². The summed E-state index contributed by atoms with van der Waals surface area (Å²) < 4.78 is 0. The monoisotopic (exact) mass is 262 g/mol. The van der Waals surface area contributed by atoms with Gasteiger partial charge in [0.15, 0.2) is 5.69 Å². The minimum absolute atomic E-state index is 0.207. The first-order chi connectivity index (χ1) is 9.29. The van der Waals surface area contributed by atoms with Gasteiger partial charge in [-0.15, -0.1) is 10.2 Å². The van der Waals surface area contributed by atoms with E-state index in [-0.39, 0.29) is 5.91 Å². The highest BCUT2D eigenvalue weighted by molar-refractivity contribution is 5.91. The third kappa shape index (κ3) is 4.19. The Balaban J connectivity index is 1.75. The first-order valence-corrected chi connectivity index (χ1v) is 7.09. The number of anilines is 1. The lowest BCUT2D eigenvalue weighted by molar-refractivity contribution is 0.0957. The van der Waals surface area contributed by atoms with Gasteiger partial charge in [0.25, 0.3) is 5.91 Å². The van der Waals surface area contributed by atoms with Gasteiger partial charge in [0.05, 0.1) is 0 Å². The van der Waals surface area contributed by atoms with Crippen molar-refractivity contribution in [2.75, 3.05) is 18.9 Å². The molecule has 5 nitrogen and oxygen atoms in total. The van der Waals surface area contributed by atoms with Gasteiger partial charge in [0, 0.05) is 13.6 Å². The smallest absolute Gasteiger partial charge is 0.271 e. The van der Waals surface area contributed by atoms with Crippen LogP contribution in [-0.2, 0) is 0 Å². The van der Waals surface area contributed by atoms with Crippen LogP contribution in [0.1, 0.15) is 49.0 Å². The van der Waals surface area contributed by atoms with E-state index in [2.05, 4.69) is 20.8 Å². The van der Waals surface area contributed by atoms with E-state index in [1.54, 1.807) is 19.2 Å². The topological polar surface area (TPSA) is 66.9 Å². The van der Waals surface area contributed by atoms with Crippen LogP contribution in [0.4, 0.5) is 5.82 Å². The van der Waals surface area contributed by atoms with Gasteiger partial charge in [-0.1, -0.05) is 32.1 Å². The molecule has 0 unspecified atom stereocenters. The molecule has 0 aromatic carbocycles. The number of carbonyl (C=O) groups is 1. The highest BCUT2D eigenvalue weighted by atomic mass is 16.1. The maximum atomic E-state index is 11.3. The Hall–Kier alpha value is -1.65. The molecule has 0 bridgehead atoms. The normalized spacial score (nSPS) is 16.1. The lowest BCUT2D eigenvalue weighted by Crippen LogP contribution is -2.20. The van der Waals surface area contributed by atoms with E-state index in [9.17, 15) is 4.79 Å². The van der Waals surface area contributed by atoms with Crippen LogP contribution in [0.25, 0.3) is 0 Å². The van der Waals surface area contributed by atoms with Crippen molar-refractivity contribution in [1.29, 1.82) is 0 Å². The van der Waals surface area contributed by atoms with Gasteiger partial charge in [-0.3, -0.25) is 4.79 Å². The molecular weight excluding hydrogens is 240 g/mol. The Bertz CT molecular complexity index is 398. The van der Waals surface area contributed by atoms with Crippen LogP contribution in [0.2, 0.25) is 0 Å². The van der Waals surface area contributed by atoms with E-state index in [4.69, 9.17) is 0 Å². The summed E-state index contributed by atoms with van der Waals surface area (Å²) in [6.07, 6.45) is 8.08. The van der Waals surface area contributed by atoms with E-state index in [1.165, 1.54) is 38.5 Å². The van der Waals surface area contributed by atoms with Crippen molar-refractivity contribution in [3.05, 3.63) is 17.8 Å². The molecule has 104 valence electrons. The molecule has 1 aliphatic rings. The maximum absolute atomic E-state index is 11.3. The van der Waals surface area contributed by atoms with Gasteiger partial charge >= 0.3 is 0 Å². The molecule has 1 fully saturated rings. The van der Waals surface area contributed by atoms with Crippen molar-refractivity contribution in [3.8, 4) is 0 Å². The molecule has 1 saturated carbocycles. The molecule has 1 heterocycles. The lowest BCUT2D eigenvalue weighted by atomic mass is 9.87. The molecule has 19 heavy (non-hydrogen) atoms. The van der Waals surface area contributed by atoms with E-state index in [1.807, 2.05) is 0 Å². The van der Waals surface area contributed by atoms with Gasteiger partial charge in [-0.2, -0.15) is 0 Å². The molecule has 1 amide bonds. The second-order valence-electron chi connectivity index (χ2n) is 5.10. The first-order valence-electron chi connectivity index (χ1n) is 7.09. The second-order valence-corrected chi connectivity index (χ2v) is 5.10. The Labute approximate surface area is 114 Å². The van der Waals surface area contributed by atoms with E-state index in [0.29, 0.717) is 5.69 Å². The van der Waals surface area contributed by atoms with Crippen LogP contribution in [0.3, 0.4) is 0 Å². The molecule has 1 aliphatic carbocycles. The van der Waals surface area contributed by atoms with Crippen LogP contribution in [0.15, 0.2) is 12.1 Å². The number of carbonyl (C=O) groups excluding carboxylic acids is 1. The number of aromatic nitrogens is 2. The SMILES string of the molecule is CNC(=O)c1ccc(NCCC2CCCCC2)nn1. The average molecular weight is 262 g/mol. The number of hydrogen-bond acceptors (Lipinski definition) is 4. The zero-order valence-corrected chi connectivity index (χ0v) is 11.5. The largest absolute Gasteiger partial charge is 0.369 e. The van der Waals surface area contributed by atoms with Gasteiger partial charge in [0.1, 0.15) is 5.82 Å². The highest BCUT2D eigenvalue weighted by Crippen LogP contribution is 2.25. The Kier molecular flexibility index (Phi) is 5.12. The van der Waals surface area contributed by atoms with Crippen molar-refractivity contribution >= 4 is 11.7 Å². The van der Waals surface area contributed by atoms with Crippen molar-refractivity contribution in [2.24, 2.45) is 5.92 Å². The summed E-state index contributed by atoms with van der Waals surface area (Å²) in [5, 5.41) is 13.7. The fourth-order valence-electron chi connectivity index (χ4n) is 2.56. The minimum atomic E-state index is -0.207. The van der Waals surface area contributed by atoms with Crippen molar-refractivity contribution < 1.29 is 4.79 Å². The maximum Gasteiger partial charge on any atom is 0.271 e. The summed E-state index contributed by atoms with van der Waals surface area (Å²) in [5.41, 5.74) is 0.348. The quantitative estimate of drug-likeness (QED) is 0.854. The number of rotatable bonds is 5. The molecule has 0 saturated heterocycles. The molecule has 0 aliphatic heterocycles. The molecule has 0 spiro atoms. The summed E-state index contributed by atoms with van der Waals surface area (Å²) in [7, 11) is 1.58. The number of nitrogens with one attached hydrogen (secondary N) is 2. The number of amides is 1. The Morgan fingerprint density at radius 1 is 1.26 bits per heavy atom. The second kappa shape index (κ2) is 7.07. The predicted molar refractivity (Wildman–Crippen MR) is 75.1 cm³/mol. The molecule has 0 radical (unpaired) electrons. The van der Waals surface area contributed by atoms with Crippen LogP contribution in [0.5, 0.6) is 0 Å². The summed E-state index contributed by atoms with van der Waals surface area (Å²) in [4.78, 5) is 11.3. The zero-order chi connectivity index (χ0) is 13.5. The molecule has 0 atom stereocenters. The molecule has 2 N–H and O–H groups in total. The van der Waals surface area contributed by atoms with Crippen LogP contribution in [0, 0.1) is 5.92 Å². The lowest BCUT2D eigenvalue weighted by Gasteiger charge is -2.21. The molecule has 2 rings (SSSR count). The third-order valence-electron chi connectivity index (χ3n) is 3.71. The molecule has 5 heteroatoms. The van der Waals surface area contributed by atoms with Crippen LogP contribution < -0.4 is 10.6 Å². The fraction of sp³-hybridized carbons (Fsp3) is 0.643. The molecule has 1 aromatic rings. The standard InChI is InChI=1S/C14H22N4O/c1-15-14(19)12-7-8-13(18-17-12)16-10-9-11-5-3-2-4-6-11/h7-8,11H,2-6,9-10H2,1H3,(H,15,19)(H,16,18). The summed E-state index contributed by atoms with van der Waals surface area (Å²) in [5.74, 6) is 1.39. The minimum Gasteiger partial charge on any atom is -0.369 e. The first kappa shape index (κ1) is 13.8.